The number of hydrogen-bond acceptors (Lipinski definition) is 5. The first-order chi connectivity index (χ1) is 8.84. The molecule has 0 fully saturated rings. The van der Waals surface area contributed by atoms with Crippen molar-refractivity contribution in [2.45, 2.75) is 4.90 Å². The summed E-state index contributed by atoms with van der Waals surface area (Å²) in [5.74, 6) is 0. The highest BCUT2D eigenvalue weighted by molar-refractivity contribution is 7.89. The van der Waals surface area contributed by atoms with Crippen LogP contribution in [0, 0.1) is 10.1 Å². The maximum absolute atomic E-state index is 11.8. The Morgan fingerprint density at radius 1 is 1.32 bits per heavy atom. The Labute approximate surface area is 108 Å². The molecular formula is C9H11N3O6S. The van der Waals surface area contributed by atoms with Gasteiger partial charge in [-0.2, -0.15) is 0 Å². The molecule has 0 bridgehead atoms. The smallest absolute Gasteiger partial charge is 0.404 e. The standard InChI is InChI=1S/C9H11N3O6S/c13-9(14)10-5-6-11-19(17,18)8-4-2-1-3-7(8)12(15)16/h1-4,10-11H,5-6H2,(H,13,14). The quantitative estimate of drug-likeness (QED) is 0.387. The Morgan fingerprint density at radius 2 is 1.95 bits per heavy atom. The monoisotopic (exact) mass is 289 g/mol. The molecule has 0 atom stereocenters. The Morgan fingerprint density at radius 3 is 2.53 bits per heavy atom. The minimum absolute atomic E-state index is 0.144. The van der Waals surface area contributed by atoms with Gasteiger partial charge in [-0.1, -0.05) is 12.1 Å². The molecule has 0 aliphatic heterocycles. The maximum Gasteiger partial charge on any atom is 0.404 e. The second kappa shape index (κ2) is 6.11. The predicted molar refractivity (Wildman–Crippen MR) is 64.3 cm³/mol. The van der Waals surface area contributed by atoms with Gasteiger partial charge < -0.3 is 10.4 Å². The summed E-state index contributed by atoms with van der Waals surface area (Å²) in [4.78, 5) is 19.6. The summed E-state index contributed by atoms with van der Waals surface area (Å²) in [6.45, 7) is -0.351. The van der Waals surface area contributed by atoms with E-state index in [-0.39, 0.29) is 13.1 Å². The van der Waals surface area contributed by atoms with Crippen LogP contribution in [0.2, 0.25) is 0 Å². The molecule has 0 saturated heterocycles. The molecule has 1 aromatic carbocycles. The zero-order valence-corrected chi connectivity index (χ0v) is 10.4. The highest BCUT2D eigenvalue weighted by Crippen LogP contribution is 2.22. The van der Waals surface area contributed by atoms with E-state index in [0.29, 0.717) is 0 Å². The summed E-state index contributed by atoms with van der Waals surface area (Å²) in [6, 6.07) is 4.88. The molecule has 9 nitrogen and oxygen atoms in total. The van der Waals surface area contributed by atoms with Gasteiger partial charge in [-0.05, 0) is 6.07 Å². The molecule has 10 heteroatoms. The van der Waals surface area contributed by atoms with Gasteiger partial charge in [-0.15, -0.1) is 0 Å². The summed E-state index contributed by atoms with van der Waals surface area (Å²) in [5.41, 5.74) is -0.541. The van der Waals surface area contributed by atoms with Gasteiger partial charge in [0.2, 0.25) is 10.0 Å². The van der Waals surface area contributed by atoms with Crippen LogP contribution in [-0.4, -0.2) is 37.6 Å². The summed E-state index contributed by atoms with van der Waals surface area (Å²) in [7, 11) is -4.06. The number of hydrogen-bond donors (Lipinski definition) is 3. The highest BCUT2D eigenvalue weighted by atomic mass is 32.2. The number of para-hydroxylation sites is 1. The molecule has 1 rings (SSSR count). The first-order valence-corrected chi connectivity index (χ1v) is 6.53. The minimum Gasteiger partial charge on any atom is -0.465 e. The summed E-state index contributed by atoms with van der Waals surface area (Å²) in [5, 5.41) is 21.0. The second-order valence-corrected chi connectivity index (χ2v) is 5.09. The van der Waals surface area contributed by atoms with Crippen molar-refractivity contribution in [1.29, 1.82) is 0 Å². The third-order valence-corrected chi connectivity index (χ3v) is 3.55. The molecule has 19 heavy (non-hydrogen) atoms. The normalized spacial score (nSPS) is 10.9. The van der Waals surface area contributed by atoms with Crippen LogP contribution in [0.4, 0.5) is 10.5 Å². The number of carboxylic acid groups (broad SMARTS) is 1. The lowest BCUT2D eigenvalue weighted by Crippen LogP contribution is -2.34. The van der Waals surface area contributed by atoms with Crippen molar-refractivity contribution in [2.75, 3.05) is 13.1 Å². The van der Waals surface area contributed by atoms with E-state index in [4.69, 9.17) is 5.11 Å². The molecular weight excluding hydrogens is 278 g/mol. The zero-order chi connectivity index (χ0) is 14.5. The summed E-state index contributed by atoms with van der Waals surface area (Å²) >= 11 is 0. The van der Waals surface area contributed by atoms with Crippen molar-refractivity contribution in [2.24, 2.45) is 0 Å². The van der Waals surface area contributed by atoms with Crippen LogP contribution in [0.1, 0.15) is 0 Å². The van der Waals surface area contributed by atoms with Gasteiger partial charge in [-0.25, -0.2) is 17.9 Å². The van der Waals surface area contributed by atoms with E-state index in [1.54, 1.807) is 0 Å². The number of nitro benzene ring substituents is 1. The molecule has 0 unspecified atom stereocenters. The molecule has 1 aromatic rings. The van der Waals surface area contributed by atoms with Crippen molar-refractivity contribution in [3.63, 3.8) is 0 Å². The summed E-state index contributed by atoms with van der Waals surface area (Å²) in [6.07, 6.45) is -1.29. The van der Waals surface area contributed by atoms with Gasteiger partial charge in [0.1, 0.15) is 0 Å². The van der Waals surface area contributed by atoms with Crippen molar-refractivity contribution in [3.05, 3.63) is 34.4 Å². The van der Waals surface area contributed by atoms with Gasteiger partial charge in [-0.3, -0.25) is 10.1 Å². The topological polar surface area (TPSA) is 139 Å². The summed E-state index contributed by atoms with van der Waals surface area (Å²) < 4.78 is 25.7. The van der Waals surface area contributed by atoms with Crippen LogP contribution in [0.15, 0.2) is 29.2 Å². The lowest BCUT2D eigenvalue weighted by atomic mass is 10.3. The lowest BCUT2D eigenvalue weighted by Gasteiger charge is -2.06. The van der Waals surface area contributed by atoms with Gasteiger partial charge in [0, 0.05) is 19.2 Å². The SMILES string of the molecule is O=C(O)NCCNS(=O)(=O)c1ccccc1[N+](=O)[O-]. The molecule has 3 N–H and O–H groups in total. The third kappa shape index (κ3) is 4.19. The minimum atomic E-state index is -4.06. The van der Waals surface area contributed by atoms with Crippen molar-refractivity contribution < 1.29 is 23.2 Å². The Balaban J connectivity index is 2.83. The van der Waals surface area contributed by atoms with Crippen molar-refractivity contribution >= 4 is 21.8 Å². The third-order valence-electron chi connectivity index (χ3n) is 2.04. The average Bonchev–Trinajstić information content (AvgIpc) is 2.34. The molecule has 0 aliphatic rings. The molecule has 0 aliphatic carbocycles. The van der Waals surface area contributed by atoms with Gasteiger partial charge in [0.05, 0.1) is 4.92 Å². The van der Waals surface area contributed by atoms with Gasteiger partial charge in [0.25, 0.3) is 5.69 Å². The van der Waals surface area contributed by atoms with E-state index in [0.717, 1.165) is 12.1 Å². The van der Waals surface area contributed by atoms with Crippen LogP contribution in [0.3, 0.4) is 0 Å². The molecule has 104 valence electrons. The van der Waals surface area contributed by atoms with E-state index in [1.807, 2.05) is 5.32 Å². The van der Waals surface area contributed by atoms with E-state index >= 15 is 0 Å². The largest absolute Gasteiger partial charge is 0.465 e. The molecule has 0 spiro atoms. The van der Waals surface area contributed by atoms with E-state index in [1.165, 1.54) is 12.1 Å². The zero-order valence-electron chi connectivity index (χ0n) is 9.57. The molecule has 0 aromatic heterocycles. The molecule has 0 radical (unpaired) electrons. The first kappa shape index (κ1) is 14.9. The number of rotatable bonds is 6. The first-order valence-electron chi connectivity index (χ1n) is 5.04. The fourth-order valence-electron chi connectivity index (χ4n) is 1.27. The maximum atomic E-state index is 11.8. The van der Waals surface area contributed by atoms with E-state index in [9.17, 15) is 23.3 Å². The van der Waals surface area contributed by atoms with Crippen molar-refractivity contribution in [3.8, 4) is 0 Å². The average molecular weight is 289 g/mol. The van der Waals surface area contributed by atoms with Crippen LogP contribution in [0.25, 0.3) is 0 Å². The number of nitro groups is 1. The fraction of sp³-hybridized carbons (Fsp3) is 0.222. The molecule has 0 saturated carbocycles. The number of carbonyl (C=O) groups is 1. The number of sulfonamides is 1. The van der Waals surface area contributed by atoms with Crippen molar-refractivity contribution in [1.82, 2.24) is 10.0 Å². The number of benzene rings is 1. The number of nitrogens with one attached hydrogen (secondary N) is 2. The van der Waals surface area contributed by atoms with Crippen LogP contribution >= 0.6 is 0 Å². The second-order valence-electron chi connectivity index (χ2n) is 3.35. The Bertz CT molecular complexity index is 585. The number of nitrogens with zero attached hydrogens (tertiary/aromatic N) is 1. The highest BCUT2D eigenvalue weighted by Gasteiger charge is 2.24. The van der Waals surface area contributed by atoms with Crippen LogP contribution < -0.4 is 10.0 Å². The van der Waals surface area contributed by atoms with E-state index < -0.39 is 31.6 Å². The van der Waals surface area contributed by atoms with Crippen LogP contribution in [-0.2, 0) is 10.0 Å². The Hall–Kier alpha value is -2.20. The Kier molecular flexibility index (Phi) is 4.78. The van der Waals surface area contributed by atoms with Gasteiger partial charge in [0.15, 0.2) is 4.90 Å². The predicted octanol–water partition coefficient (Wildman–Crippen LogP) is 0.141. The van der Waals surface area contributed by atoms with Crippen LogP contribution in [0.5, 0.6) is 0 Å². The van der Waals surface area contributed by atoms with E-state index in [2.05, 4.69) is 4.72 Å². The van der Waals surface area contributed by atoms with Gasteiger partial charge >= 0.3 is 6.09 Å². The molecule has 0 heterocycles. The lowest BCUT2D eigenvalue weighted by molar-refractivity contribution is -0.387. The fourth-order valence-corrected chi connectivity index (χ4v) is 2.47. The number of amides is 1. The molecule has 1 amide bonds.